The van der Waals surface area contributed by atoms with Crippen LogP contribution in [0.25, 0.3) is 0 Å². The average Bonchev–Trinajstić information content (AvgIpc) is 2.45. The standard InChI is InChI=1S/C15H15NO2S/c1-17-13-8-4-5-9-14(13)18-10-11-6-2-3-7-12(11)15(16)19/h2-9H,10H2,1H3,(H2,16,19). The minimum Gasteiger partial charge on any atom is -0.493 e. The van der Waals surface area contributed by atoms with Crippen molar-refractivity contribution in [3.8, 4) is 11.5 Å². The number of rotatable bonds is 5. The van der Waals surface area contributed by atoms with Crippen LogP contribution in [0, 0.1) is 0 Å². The van der Waals surface area contributed by atoms with Gasteiger partial charge in [-0.3, -0.25) is 0 Å². The van der Waals surface area contributed by atoms with Crippen LogP contribution in [0.3, 0.4) is 0 Å². The van der Waals surface area contributed by atoms with Gasteiger partial charge >= 0.3 is 0 Å². The zero-order valence-electron chi connectivity index (χ0n) is 10.6. The summed E-state index contributed by atoms with van der Waals surface area (Å²) in [5.41, 5.74) is 7.49. The van der Waals surface area contributed by atoms with Gasteiger partial charge in [-0.1, -0.05) is 48.6 Å². The van der Waals surface area contributed by atoms with Crippen LogP contribution in [-0.4, -0.2) is 12.1 Å². The van der Waals surface area contributed by atoms with Crippen molar-refractivity contribution in [1.29, 1.82) is 0 Å². The Labute approximate surface area is 118 Å². The zero-order valence-corrected chi connectivity index (χ0v) is 11.4. The number of benzene rings is 2. The van der Waals surface area contributed by atoms with E-state index < -0.39 is 0 Å². The van der Waals surface area contributed by atoms with Crippen LogP contribution >= 0.6 is 12.2 Å². The molecule has 3 nitrogen and oxygen atoms in total. The Bertz CT molecular complexity index is 584. The Balaban J connectivity index is 2.17. The van der Waals surface area contributed by atoms with Crippen molar-refractivity contribution < 1.29 is 9.47 Å². The molecule has 4 heteroatoms. The van der Waals surface area contributed by atoms with E-state index in [1.54, 1.807) is 7.11 Å². The second kappa shape index (κ2) is 6.20. The SMILES string of the molecule is COc1ccccc1OCc1ccccc1C(N)=S. The van der Waals surface area contributed by atoms with Crippen LogP contribution in [0.2, 0.25) is 0 Å². The van der Waals surface area contributed by atoms with Gasteiger partial charge in [0.2, 0.25) is 0 Å². The highest BCUT2D eigenvalue weighted by Crippen LogP contribution is 2.26. The number of hydrogen-bond donors (Lipinski definition) is 1. The van der Waals surface area contributed by atoms with E-state index in [1.807, 2.05) is 48.5 Å². The van der Waals surface area contributed by atoms with Crippen LogP contribution in [0.5, 0.6) is 11.5 Å². The third-order valence-electron chi connectivity index (χ3n) is 2.74. The molecule has 0 saturated carbocycles. The zero-order chi connectivity index (χ0) is 13.7. The average molecular weight is 273 g/mol. The Hall–Kier alpha value is -2.07. The van der Waals surface area contributed by atoms with Crippen molar-refractivity contribution in [2.24, 2.45) is 5.73 Å². The highest BCUT2D eigenvalue weighted by Gasteiger charge is 2.07. The van der Waals surface area contributed by atoms with Gasteiger partial charge in [-0.15, -0.1) is 0 Å². The molecule has 19 heavy (non-hydrogen) atoms. The van der Waals surface area contributed by atoms with Crippen LogP contribution in [0.4, 0.5) is 0 Å². The molecule has 0 amide bonds. The van der Waals surface area contributed by atoms with Gasteiger partial charge < -0.3 is 15.2 Å². The molecular weight excluding hydrogens is 258 g/mol. The lowest BCUT2D eigenvalue weighted by Gasteiger charge is -2.12. The molecule has 0 aliphatic carbocycles. The lowest BCUT2D eigenvalue weighted by atomic mass is 10.1. The smallest absolute Gasteiger partial charge is 0.161 e. The van der Waals surface area contributed by atoms with Crippen LogP contribution in [-0.2, 0) is 6.61 Å². The second-order valence-corrected chi connectivity index (χ2v) is 4.40. The molecule has 0 aliphatic heterocycles. The van der Waals surface area contributed by atoms with E-state index in [0.717, 1.165) is 11.1 Å². The summed E-state index contributed by atoms with van der Waals surface area (Å²) in [6.07, 6.45) is 0. The van der Waals surface area contributed by atoms with Gasteiger partial charge in [0.05, 0.1) is 7.11 Å². The summed E-state index contributed by atoms with van der Waals surface area (Å²) in [6, 6.07) is 15.2. The minimum atomic E-state index is 0.374. The molecule has 0 spiro atoms. The number of ether oxygens (including phenoxy) is 2. The third-order valence-corrected chi connectivity index (χ3v) is 2.95. The van der Waals surface area contributed by atoms with Crippen molar-refractivity contribution in [2.75, 3.05) is 7.11 Å². The molecule has 0 atom stereocenters. The molecule has 2 aromatic carbocycles. The Morgan fingerprint density at radius 3 is 2.37 bits per heavy atom. The number of para-hydroxylation sites is 2. The van der Waals surface area contributed by atoms with Crippen molar-refractivity contribution in [3.05, 3.63) is 59.7 Å². The fraction of sp³-hybridized carbons (Fsp3) is 0.133. The topological polar surface area (TPSA) is 44.5 Å². The van der Waals surface area contributed by atoms with Crippen molar-refractivity contribution in [2.45, 2.75) is 6.61 Å². The Morgan fingerprint density at radius 1 is 1.05 bits per heavy atom. The number of thiocarbonyl (C=S) groups is 1. The van der Waals surface area contributed by atoms with E-state index in [0.29, 0.717) is 23.1 Å². The largest absolute Gasteiger partial charge is 0.493 e. The predicted octanol–water partition coefficient (Wildman–Crippen LogP) is 2.91. The van der Waals surface area contributed by atoms with E-state index in [-0.39, 0.29) is 0 Å². The molecule has 0 unspecified atom stereocenters. The van der Waals surface area contributed by atoms with E-state index in [4.69, 9.17) is 27.4 Å². The molecule has 2 rings (SSSR count). The first-order valence-corrected chi connectivity index (χ1v) is 6.26. The van der Waals surface area contributed by atoms with Gasteiger partial charge in [-0.05, 0) is 17.7 Å². The molecule has 0 radical (unpaired) electrons. The lowest BCUT2D eigenvalue weighted by molar-refractivity contribution is 0.284. The molecule has 0 bridgehead atoms. The van der Waals surface area contributed by atoms with E-state index in [9.17, 15) is 0 Å². The summed E-state index contributed by atoms with van der Waals surface area (Å²) in [5, 5.41) is 0. The van der Waals surface area contributed by atoms with Crippen LogP contribution < -0.4 is 15.2 Å². The molecule has 2 N–H and O–H groups in total. The summed E-state index contributed by atoms with van der Waals surface area (Å²) >= 11 is 5.03. The molecule has 98 valence electrons. The van der Waals surface area contributed by atoms with Crippen LogP contribution in [0.1, 0.15) is 11.1 Å². The quantitative estimate of drug-likeness (QED) is 0.851. The van der Waals surface area contributed by atoms with Crippen molar-refractivity contribution >= 4 is 17.2 Å². The normalized spacial score (nSPS) is 9.95. The molecule has 0 heterocycles. The minimum absolute atomic E-state index is 0.374. The van der Waals surface area contributed by atoms with Gasteiger partial charge in [0.25, 0.3) is 0 Å². The summed E-state index contributed by atoms with van der Waals surface area (Å²) < 4.78 is 11.0. The first-order chi connectivity index (χ1) is 9.22. The van der Waals surface area contributed by atoms with Crippen LogP contribution in [0.15, 0.2) is 48.5 Å². The summed E-state index contributed by atoms with van der Waals surface area (Å²) in [5.74, 6) is 1.40. The fourth-order valence-electron chi connectivity index (χ4n) is 1.78. The maximum Gasteiger partial charge on any atom is 0.161 e. The molecule has 0 aliphatic rings. The van der Waals surface area contributed by atoms with Crippen molar-refractivity contribution in [3.63, 3.8) is 0 Å². The monoisotopic (exact) mass is 273 g/mol. The summed E-state index contributed by atoms with van der Waals surface area (Å²) in [7, 11) is 1.62. The number of methoxy groups -OCH3 is 1. The number of hydrogen-bond acceptors (Lipinski definition) is 3. The highest BCUT2D eigenvalue weighted by atomic mass is 32.1. The lowest BCUT2D eigenvalue weighted by Crippen LogP contribution is -2.13. The highest BCUT2D eigenvalue weighted by molar-refractivity contribution is 7.80. The third kappa shape index (κ3) is 3.23. The van der Waals surface area contributed by atoms with E-state index in [2.05, 4.69) is 0 Å². The molecule has 0 fully saturated rings. The molecule has 2 aromatic rings. The van der Waals surface area contributed by atoms with Gasteiger partial charge in [0.15, 0.2) is 11.5 Å². The van der Waals surface area contributed by atoms with Crippen molar-refractivity contribution in [1.82, 2.24) is 0 Å². The molecule has 0 saturated heterocycles. The van der Waals surface area contributed by atoms with Gasteiger partial charge in [-0.2, -0.15) is 0 Å². The van der Waals surface area contributed by atoms with Gasteiger partial charge in [0, 0.05) is 5.56 Å². The number of nitrogens with two attached hydrogens (primary N) is 1. The predicted molar refractivity (Wildman–Crippen MR) is 79.7 cm³/mol. The van der Waals surface area contributed by atoms with E-state index >= 15 is 0 Å². The first kappa shape index (κ1) is 13.4. The summed E-state index contributed by atoms with van der Waals surface area (Å²) in [6.45, 7) is 0.397. The van der Waals surface area contributed by atoms with E-state index in [1.165, 1.54) is 0 Å². The maximum atomic E-state index is 5.76. The van der Waals surface area contributed by atoms with Gasteiger partial charge in [-0.25, -0.2) is 0 Å². The fourth-order valence-corrected chi connectivity index (χ4v) is 1.98. The molecular formula is C15H15NO2S. The summed E-state index contributed by atoms with van der Waals surface area (Å²) in [4.78, 5) is 0.374. The Morgan fingerprint density at radius 2 is 1.68 bits per heavy atom. The Kier molecular flexibility index (Phi) is 4.36. The first-order valence-electron chi connectivity index (χ1n) is 5.86. The van der Waals surface area contributed by atoms with Gasteiger partial charge in [0.1, 0.15) is 11.6 Å². The molecule has 0 aromatic heterocycles. The second-order valence-electron chi connectivity index (χ2n) is 3.96. The maximum absolute atomic E-state index is 5.76.